The van der Waals surface area contributed by atoms with Crippen LogP contribution in [0.2, 0.25) is 0 Å². The van der Waals surface area contributed by atoms with E-state index >= 15 is 0 Å². The zero-order valence-corrected chi connectivity index (χ0v) is 16.5. The molecule has 0 aliphatic heterocycles. The highest BCUT2D eigenvalue weighted by atomic mass is 35.5. The van der Waals surface area contributed by atoms with Crippen molar-refractivity contribution in [3.05, 3.63) is 30.3 Å². The van der Waals surface area contributed by atoms with E-state index in [1.54, 1.807) is 0 Å². The number of hydrogen-bond donors (Lipinski definition) is 1. The van der Waals surface area contributed by atoms with E-state index in [9.17, 15) is 4.79 Å². The van der Waals surface area contributed by atoms with Gasteiger partial charge in [-0.05, 0) is 31.9 Å². The Morgan fingerprint density at radius 2 is 1.79 bits per heavy atom. The Labute approximate surface area is 158 Å². The zero-order chi connectivity index (χ0) is 16.2. The van der Waals surface area contributed by atoms with E-state index in [1.807, 2.05) is 37.1 Å². The molecule has 138 valence electrons. The minimum Gasteiger partial charge on any atom is -0.373 e. The van der Waals surface area contributed by atoms with E-state index in [4.69, 9.17) is 5.73 Å². The second kappa shape index (κ2) is 10.1. The summed E-state index contributed by atoms with van der Waals surface area (Å²) < 4.78 is 0. The van der Waals surface area contributed by atoms with Gasteiger partial charge in [-0.2, -0.15) is 0 Å². The van der Waals surface area contributed by atoms with Gasteiger partial charge in [0.25, 0.3) is 0 Å². The van der Waals surface area contributed by atoms with Gasteiger partial charge in [-0.25, -0.2) is 0 Å². The highest BCUT2D eigenvalue weighted by Crippen LogP contribution is 2.32. The maximum absolute atomic E-state index is 12.7. The standard InChI is InChI=1S/C18H29N3O.2ClH/c1-18(19)12-8-7-11-16(18)17(22)21(3)14-13-20(2)15-9-5-4-6-10-15;;/h4-6,9-10,16H,7-8,11-14,19H2,1-3H3;2*1H. The smallest absolute Gasteiger partial charge is 0.227 e. The number of carbonyl (C=O) groups is 1. The van der Waals surface area contributed by atoms with E-state index in [0.29, 0.717) is 0 Å². The molecule has 0 aromatic heterocycles. The summed E-state index contributed by atoms with van der Waals surface area (Å²) in [4.78, 5) is 16.7. The molecular weight excluding hydrogens is 345 g/mol. The van der Waals surface area contributed by atoms with Crippen molar-refractivity contribution in [3.63, 3.8) is 0 Å². The Hall–Kier alpha value is -0.970. The number of rotatable bonds is 5. The van der Waals surface area contributed by atoms with Crippen LogP contribution in [0.1, 0.15) is 32.6 Å². The van der Waals surface area contributed by atoms with Gasteiger partial charge in [0.2, 0.25) is 5.91 Å². The summed E-state index contributed by atoms with van der Waals surface area (Å²) in [6, 6.07) is 10.2. The lowest BCUT2D eigenvalue weighted by molar-refractivity contribution is -0.137. The highest BCUT2D eigenvalue weighted by Gasteiger charge is 2.38. The number of likely N-dealkylation sites (N-methyl/N-ethyl adjacent to an activating group) is 2. The van der Waals surface area contributed by atoms with Crippen LogP contribution in [0.4, 0.5) is 5.69 Å². The van der Waals surface area contributed by atoms with Crippen molar-refractivity contribution in [3.8, 4) is 0 Å². The summed E-state index contributed by atoms with van der Waals surface area (Å²) in [7, 11) is 3.95. The number of amides is 1. The van der Waals surface area contributed by atoms with Gasteiger partial charge in [0.15, 0.2) is 0 Å². The van der Waals surface area contributed by atoms with Crippen molar-refractivity contribution in [2.24, 2.45) is 11.7 Å². The molecule has 1 amide bonds. The number of para-hydroxylation sites is 1. The van der Waals surface area contributed by atoms with Crippen molar-refractivity contribution >= 4 is 36.4 Å². The maximum Gasteiger partial charge on any atom is 0.227 e. The van der Waals surface area contributed by atoms with Crippen molar-refractivity contribution in [2.75, 3.05) is 32.1 Å². The Bertz CT molecular complexity index is 496. The quantitative estimate of drug-likeness (QED) is 0.858. The van der Waals surface area contributed by atoms with E-state index in [2.05, 4.69) is 24.1 Å². The molecule has 2 unspecified atom stereocenters. The molecule has 0 spiro atoms. The minimum absolute atomic E-state index is 0. The third-order valence-corrected chi connectivity index (χ3v) is 4.90. The molecule has 4 nitrogen and oxygen atoms in total. The number of carbonyl (C=O) groups excluding carboxylic acids is 1. The van der Waals surface area contributed by atoms with Gasteiger partial charge in [0.1, 0.15) is 0 Å². The fourth-order valence-corrected chi connectivity index (χ4v) is 3.25. The second-order valence-corrected chi connectivity index (χ2v) is 6.82. The number of nitrogens with zero attached hydrogens (tertiary/aromatic N) is 2. The molecule has 1 aromatic carbocycles. The molecule has 1 saturated carbocycles. The molecule has 1 fully saturated rings. The van der Waals surface area contributed by atoms with Gasteiger partial charge in [-0.15, -0.1) is 24.8 Å². The van der Waals surface area contributed by atoms with Crippen LogP contribution >= 0.6 is 24.8 Å². The second-order valence-electron chi connectivity index (χ2n) is 6.82. The molecule has 2 N–H and O–H groups in total. The van der Waals surface area contributed by atoms with E-state index < -0.39 is 0 Å². The van der Waals surface area contributed by atoms with E-state index in [1.165, 1.54) is 5.69 Å². The van der Waals surface area contributed by atoms with Crippen LogP contribution in [-0.2, 0) is 4.79 Å². The molecule has 6 heteroatoms. The zero-order valence-electron chi connectivity index (χ0n) is 14.9. The van der Waals surface area contributed by atoms with Gasteiger partial charge >= 0.3 is 0 Å². The van der Waals surface area contributed by atoms with Crippen LogP contribution in [0.3, 0.4) is 0 Å². The molecule has 0 heterocycles. The molecule has 2 rings (SSSR count). The number of anilines is 1. The molecule has 0 radical (unpaired) electrons. The summed E-state index contributed by atoms with van der Waals surface area (Å²) >= 11 is 0. The third kappa shape index (κ3) is 5.83. The summed E-state index contributed by atoms with van der Waals surface area (Å²) in [6.07, 6.45) is 4.12. The molecular formula is C18H31Cl2N3O. The van der Waals surface area contributed by atoms with E-state index in [-0.39, 0.29) is 42.2 Å². The van der Waals surface area contributed by atoms with Crippen molar-refractivity contribution < 1.29 is 4.79 Å². The maximum atomic E-state index is 12.7. The lowest BCUT2D eigenvalue weighted by Gasteiger charge is -2.39. The topological polar surface area (TPSA) is 49.6 Å². The fraction of sp³-hybridized carbons (Fsp3) is 0.611. The minimum atomic E-state index is -0.352. The van der Waals surface area contributed by atoms with Crippen LogP contribution in [0.25, 0.3) is 0 Å². The first kappa shape index (κ1) is 23.0. The lowest BCUT2D eigenvalue weighted by Crippen LogP contribution is -2.53. The Morgan fingerprint density at radius 3 is 2.38 bits per heavy atom. The Balaban J connectivity index is 0.00000264. The van der Waals surface area contributed by atoms with Gasteiger partial charge in [0, 0.05) is 38.4 Å². The first-order valence-electron chi connectivity index (χ1n) is 8.22. The highest BCUT2D eigenvalue weighted by molar-refractivity contribution is 5.85. The van der Waals surface area contributed by atoms with Crippen molar-refractivity contribution in [1.29, 1.82) is 0 Å². The van der Waals surface area contributed by atoms with Gasteiger partial charge < -0.3 is 15.5 Å². The van der Waals surface area contributed by atoms with Gasteiger partial charge in [0.05, 0.1) is 5.92 Å². The van der Waals surface area contributed by atoms with Crippen molar-refractivity contribution in [2.45, 2.75) is 38.1 Å². The number of hydrogen-bond acceptors (Lipinski definition) is 3. The summed E-state index contributed by atoms with van der Waals surface area (Å²) in [6.45, 7) is 3.57. The Kier molecular flexibility index (Phi) is 9.71. The van der Waals surface area contributed by atoms with Gasteiger partial charge in [-0.3, -0.25) is 4.79 Å². The first-order valence-corrected chi connectivity index (χ1v) is 8.22. The average molecular weight is 376 g/mol. The molecule has 24 heavy (non-hydrogen) atoms. The normalized spacial score (nSPS) is 22.8. The van der Waals surface area contributed by atoms with Gasteiger partial charge in [-0.1, -0.05) is 31.0 Å². The molecule has 2 atom stereocenters. The monoisotopic (exact) mass is 375 g/mol. The first-order chi connectivity index (χ1) is 10.4. The van der Waals surface area contributed by atoms with E-state index in [0.717, 1.165) is 38.8 Å². The van der Waals surface area contributed by atoms with Crippen LogP contribution in [0.15, 0.2) is 30.3 Å². The number of nitrogens with two attached hydrogens (primary N) is 1. The van der Waals surface area contributed by atoms with Crippen LogP contribution in [0.5, 0.6) is 0 Å². The summed E-state index contributed by atoms with van der Waals surface area (Å²) in [5, 5.41) is 0. The largest absolute Gasteiger partial charge is 0.373 e. The molecule has 0 saturated heterocycles. The number of halogens is 2. The average Bonchev–Trinajstić information content (AvgIpc) is 2.52. The van der Waals surface area contributed by atoms with Crippen LogP contribution in [-0.4, -0.2) is 43.5 Å². The predicted molar refractivity (Wildman–Crippen MR) is 106 cm³/mol. The molecule has 1 aliphatic carbocycles. The third-order valence-electron chi connectivity index (χ3n) is 4.90. The lowest BCUT2D eigenvalue weighted by atomic mass is 9.74. The molecule has 1 aliphatic rings. The summed E-state index contributed by atoms with van der Waals surface area (Å²) in [5.41, 5.74) is 7.17. The fourth-order valence-electron chi connectivity index (χ4n) is 3.25. The van der Waals surface area contributed by atoms with Crippen LogP contribution < -0.4 is 10.6 Å². The Morgan fingerprint density at radius 1 is 1.17 bits per heavy atom. The predicted octanol–water partition coefficient (Wildman–Crippen LogP) is 3.33. The summed E-state index contributed by atoms with van der Waals surface area (Å²) in [5.74, 6) is 0.166. The van der Waals surface area contributed by atoms with Crippen LogP contribution in [0, 0.1) is 5.92 Å². The molecule has 0 bridgehead atoms. The van der Waals surface area contributed by atoms with Crippen molar-refractivity contribution in [1.82, 2.24) is 4.90 Å². The molecule has 1 aromatic rings. The SMILES string of the molecule is CN(CCN(C)c1ccccc1)C(=O)C1CCCCC1(C)N.Cl.Cl. The number of benzene rings is 1.